The monoisotopic (exact) mass is 835 g/mol. The van der Waals surface area contributed by atoms with Crippen LogP contribution >= 0.6 is 34.8 Å². The summed E-state index contributed by atoms with van der Waals surface area (Å²) in [4.78, 5) is 29.9. The molecule has 0 fully saturated rings. The van der Waals surface area contributed by atoms with E-state index in [2.05, 4.69) is 21.6 Å². The minimum atomic E-state index is -1.19. The number of carboxylic acids is 1. The fraction of sp³-hybridized carbons (Fsp3) is 0.543. The van der Waals surface area contributed by atoms with E-state index in [0.29, 0.717) is 49.9 Å². The number of unbranched alkanes of at least 4 members (excludes halogenated alkanes) is 3. The molecule has 0 aromatic heterocycles. The molecule has 0 bridgehead atoms. The zero-order chi connectivity index (χ0) is 39.5. The zero-order valence-corrected chi connectivity index (χ0v) is 35.2. The molecule has 0 aliphatic carbocycles. The van der Waals surface area contributed by atoms with Crippen molar-refractivity contribution in [2.45, 2.75) is 103 Å². The number of aryl methyl sites for hydroxylation is 2. The van der Waals surface area contributed by atoms with Crippen molar-refractivity contribution in [1.82, 2.24) is 4.58 Å². The van der Waals surface area contributed by atoms with Crippen molar-refractivity contribution >= 4 is 57.8 Å². The fourth-order valence-corrected chi connectivity index (χ4v) is 10.6. The number of Topliss-reactive ketones (excluding diaryl/α,β-unsaturated/α-hetero) is 1. The predicted molar refractivity (Wildman–Crippen MR) is 227 cm³/mol. The van der Waals surface area contributed by atoms with Gasteiger partial charge in [-0.25, -0.2) is 9.37 Å². The van der Waals surface area contributed by atoms with Crippen LogP contribution in [0.3, 0.4) is 0 Å². The Kier molecular flexibility index (Phi) is 13.1. The topological polar surface area (TPSA) is 88.3 Å². The summed E-state index contributed by atoms with van der Waals surface area (Å²) in [5, 5.41) is 13.1. The molecule has 1 N–H and O–H groups in total. The van der Waals surface area contributed by atoms with E-state index in [1.54, 1.807) is 0 Å². The molecule has 11 heteroatoms. The van der Waals surface area contributed by atoms with Crippen molar-refractivity contribution < 1.29 is 28.9 Å². The highest BCUT2D eigenvalue weighted by Crippen LogP contribution is 2.50. The predicted octanol–water partition coefficient (Wildman–Crippen LogP) is 8.70. The molecule has 5 aliphatic rings. The van der Waals surface area contributed by atoms with Gasteiger partial charge in [-0.1, -0.05) is 36.0 Å². The maximum atomic E-state index is 14.0. The Hall–Kier alpha value is -3.14. The number of hydrogen-bond donors (Lipinski definition) is 1. The van der Waals surface area contributed by atoms with Gasteiger partial charge >= 0.3 is 5.97 Å². The highest BCUT2D eigenvalue weighted by atomic mass is 35.5. The second-order valence-corrected chi connectivity index (χ2v) is 17.3. The summed E-state index contributed by atoms with van der Waals surface area (Å²) in [5.74, 6) is 0.889. The molecule has 0 spiro atoms. The number of carbonyl (C=O) groups excluding carboxylic acids is 1. The molecule has 0 saturated carbocycles. The number of rotatable bonds is 16. The molecule has 5 heterocycles. The van der Waals surface area contributed by atoms with Crippen LogP contribution in [-0.4, -0.2) is 75.3 Å². The minimum absolute atomic E-state index is 0.00653. The number of carbonyl (C=O) groups is 2. The lowest BCUT2D eigenvalue weighted by molar-refractivity contribution is 0.0447. The van der Waals surface area contributed by atoms with Crippen LogP contribution in [0.1, 0.15) is 131 Å². The first kappa shape index (κ1) is 40.6. The Morgan fingerprint density at radius 2 is 1.51 bits per heavy atom. The number of alkyl halides is 1. The van der Waals surface area contributed by atoms with Gasteiger partial charge < -0.3 is 24.2 Å². The van der Waals surface area contributed by atoms with E-state index in [-0.39, 0.29) is 33.4 Å². The number of ketones is 1. The highest BCUT2D eigenvalue weighted by molar-refractivity contribution is 6.40. The smallest absolute Gasteiger partial charge is 0.337 e. The number of nitrogens with zero attached hydrogens (tertiary/aromatic N) is 2. The molecule has 8 nitrogen and oxygen atoms in total. The van der Waals surface area contributed by atoms with Gasteiger partial charge in [-0.3, -0.25) is 4.79 Å². The van der Waals surface area contributed by atoms with Crippen LogP contribution in [0.4, 0.5) is 5.69 Å². The average molecular weight is 837 g/mol. The summed E-state index contributed by atoms with van der Waals surface area (Å²) in [7, 11) is 0. The molecule has 3 aromatic carbocycles. The van der Waals surface area contributed by atoms with E-state index in [1.807, 2.05) is 0 Å². The zero-order valence-electron chi connectivity index (χ0n) is 32.9. The number of carboxylic acid groups (broad SMARTS) is 1. The van der Waals surface area contributed by atoms with Crippen LogP contribution < -0.4 is 24.8 Å². The normalized spacial score (nSPS) is 16.9. The first-order valence-corrected chi connectivity index (χ1v) is 22.6. The van der Waals surface area contributed by atoms with Crippen molar-refractivity contribution in [1.29, 1.82) is 0 Å². The van der Waals surface area contributed by atoms with Crippen molar-refractivity contribution in [3.05, 3.63) is 83.3 Å². The minimum Gasteiger partial charge on any atom is -0.478 e. The number of fused-ring (bicyclic) bond motifs is 4. The van der Waals surface area contributed by atoms with Crippen LogP contribution in [0.25, 0.3) is 5.57 Å². The molecular weight excluding hydrogens is 783 g/mol. The van der Waals surface area contributed by atoms with Crippen LogP contribution in [-0.2, 0) is 35.2 Å². The Bertz CT molecular complexity index is 2190. The lowest BCUT2D eigenvalue weighted by Crippen LogP contribution is -2.41. The molecule has 0 unspecified atom stereocenters. The summed E-state index contributed by atoms with van der Waals surface area (Å²) in [6, 6.07) is 5.90. The average Bonchev–Trinajstić information content (AvgIpc) is 3.55. The third-order valence-electron chi connectivity index (χ3n) is 12.4. The third kappa shape index (κ3) is 8.23. The number of halogens is 3. The van der Waals surface area contributed by atoms with Gasteiger partial charge in [-0.05, 0) is 94.4 Å². The Morgan fingerprint density at radius 1 is 0.772 bits per heavy atom. The fourth-order valence-electron chi connectivity index (χ4n) is 9.81. The van der Waals surface area contributed by atoms with Gasteiger partial charge in [-0.15, -0.1) is 11.6 Å². The van der Waals surface area contributed by atoms with Gasteiger partial charge in [-0.2, -0.15) is 0 Å². The first-order chi connectivity index (χ1) is 27.9. The summed E-state index contributed by atoms with van der Waals surface area (Å²) in [6.07, 6.45) is 14.9. The molecule has 0 atom stereocenters. The molecule has 0 radical (unpaired) electrons. The van der Waals surface area contributed by atoms with Crippen molar-refractivity contribution in [3.63, 3.8) is 0 Å². The molecule has 5 aliphatic heterocycles. The molecular formula is C46H54Cl3N2O6+. The third-order valence-corrected chi connectivity index (χ3v) is 13.4. The van der Waals surface area contributed by atoms with Gasteiger partial charge in [0.2, 0.25) is 5.36 Å². The lowest BCUT2D eigenvalue weighted by atomic mass is 9.82. The standard InChI is InChI=1S/C46H53Cl3N2O6/c47-17-5-1-2-8-22-55-24-25-56-23-11-16-37(52)33-28-36(48)39(46(53)54)40(41(33)49)38-34-26-29-12-3-6-18-50-20-9-14-31(42(29)50)44(34)57-45-32-15-10-21-51-19-7-4-13-30(43(32)51)27-35(38)45/h26-28H,1-25H2/p+1. The summed E-state index contributed by atoms with van der Waals surface area (Å²) in [6.45, 7) is 6.11. The highest BCUT2D eigenvalue weighted by Gasteiger charge is 2.37. The van der Waals surface area contributed by atoms with E-state index < -0.39 is 5.97 Å². The first-order valence-electron chi connectivity index (χ1n) is 21.3. The molecule has 0 saturated heterocycles. The summed E-state index contributed by atoms with van der Waals surface area (Å²) >= 11 is 20.1. The van der Waals surface area contributed by atoms with Gasteiger partial charge in [0.15, 0.2) is 5.78 Å². The largest absolute Gasteiger partial charge is 0.478 e. The van der Waals surface area contributed by atoms with Gasteiger partial charge in [0.05, 0.1) is 34.4 Å². The van der Waals surface area contributed by atoms with Crippen LogP contribution in [0.2, 0.25) is 10.0 Å². The number of benzene rings is 3. The molecule has 0 amide bonds. The van der Waals surface area contributed by atoms with Gasteiger partial charge in [0.1, 0.15) is 24.6 Å². The van der Waals surface area contributed by atoms with Crippen molar-refractivity contribution in [3.8, 4) is 11.5 Å². The number of aromatic carboxylic acids is 1. The Balaban J connectivity index is 1.20. The van der Waals surface area contributed by atoms with E-state index >= 15 is 0 Å². The van der Waals surface area contributed by atoms with Gasteiger partial charge in [0.25, 0.3) is 0 Å². The van der Waals surface area contributed by atoms with E-state index in [1.165, 1.54) is 39.4 Å². The summed E-state index contributed by atoms with van der Waals surface area (Å²) < 4.78 is 21.2. The molecule has 304 valence electrons. The molecule has 8 rings (SSSR count). The maximum Gasteiger partial charge on any atom is 0.337 e. The van der Waals surface area contributed by atoms with Crippen molar-refractivity contribution in [2.24, 2.45) is 0 Å². The maximum absolute atomic E-state index is 14.0. The van der Waals surface area contributed by atoms with E-state index in [9.17, 15) is 14.7 Å². The number of ether oxygens (including phenoxy) is 3. The molecule has 3 aromatic rings. The second-order valence-electron chi connectivity index (χ2n) is 16.2. The number of anilines is 1. The Morgan fingerprint density at radius 3 is 2.33 bits per heavy atom. The van der Waals surface area contributed by atoms with E-state index in [0.717, 1.165) is 138 Å². The summed E-state index contributed by atoms with van der Waals surface area (Å²) in [5.41, 5.74) is 8.14. The van der Waals surface area contributed by atoms with Crippen LogP contribution in [0.15, 0.2) is 18.2 Å². The van der Waals surface area contributed by atoms with Crippen molar-refractivity contribution in [2.75, 3.05) is 63.4 Å². The van der Waals surface area contributed by atoms with Gasteiger partial charge in [0, 0.05) is 95.7 Å². The SMILES string of the molecule is O=C(CCCOCCOCCCCCCCl)c1cc(Cl)c(C(=O)O)c(C2=c3cc4c5c(c3Oc3c2cc2c6c3CCCN6CCCC2)CCC[N+]=5CCCC4)c1Cl. The number of hydrogen-bond acceptors (Lipinski definition) is 6. The quantitative estimate of drug-likeness (QED) is 0.0523. The molecule has 57 heavy (non-hydrogen) atoms. The van der Waals surface area contributed by atoms with Crippen LogP contribution in [0.5, 0.6) is 11.5 Å². The second kappa shape index (κ2) is 18.4. The van der Waals surface area contributed by atoms with E-state index in [4.69, 9.17) is 49.0 Å². The lowest BCUT2D eigenvalue weighted by Gasteiger charge is -2.36. The van der Waals surface area contributed by atoms with Crippen LogP contribution in [0, 0.1) is 0 Å². The Labute approximate surface area is 350 Å².